The lowest BCUT2D eigenvalue weighted by molar-refractivity contribution is -0.120. The molecule has 0 aliphatic rings. The van der Waals surface area contributed by atoms with Gasteiger partial charge in [0.05, 0.1) is 22.8 Å². The Labute approximate surface area is 117 Å². The number of rotatable bonds is 5. The van der Waals surface area contributed by atoms with Crippen LogP contribution < -0.4 is 10.6 Å². The standard InChI is InChI=1S/C14H19N3OS/c1-9(2)16-13(18)8-15-10(3)14-17-11-6-4-5-7-12(11)19-14/h4-7,9-10,15H,8H2,1-3H3,(H,16,18). The number of para-hydroxylation sites is 1. The molecule has 2 N–H and O–H groups in total. The molecule has 0 spiro atoms. The number of hydrogen-bond donors (Lipinski definition) is 2. The van der Waals surface area contributed by atoms with E-state index in [9.17, 15) is 4.79 Å². The molecule has 1 atom stereocenters. The number of thiazole rings is 1. The Morgan fingerprint density at radius 3 is 2.74 bits per heavy atom. The van der Waals surface area contributed by atoms with Gasteiger partial charge in [0.15, 0.2) is 0 Å². The molecule has 0 saturated carbocycles. The third-order valence-electron chi connectivity index (χ3n) is 2.70. The Morgan fingerprint density at radius 2 is 2.05 bits per heavy atom. The number of nitrogens with one attached hydrogen (secondary N) is 2. The Morgan fingerprint density at radius 1 is 1.32 bits per heavy atom. The monoisotopic (exact) mass is 277 g/mol. The van der Waals surface area contributed by atoms with Gasteiger partial charge in [-0.05, 0) is 32.9 Å². The average molecular weight is 277 g/mol. The van der Waals surface area contributed by atoms with E-state index >= 15 is 0 Å². The van der Waals surface area contributed by atoms with Crippen LogP contribution in [0.4, 0.5) is 0 Å². The molecule has 0 bridgehead atoms. The molecule has 2 rings (SSSR count). The maximum Gasteiger partial charge on any atom is 0.234 e. The summed E-state index contributed by atoms with van der Waals surface area (Å²) in [6.07, 6.45) is 0. The number of amides is 1. The summed E-state index contributed by atoms with van der Waals surface area (Å²) in [6, 6.07) is 8.32. The maximum atomic E-state index is 11.6. The zero-order valence-electron chi connectivity index (χ0n) is 11.4. The predicted molar refractivity (Wildman–Crippen MR) is 79.3 cm³/mol. The van der Waals surface area contributed by atoms with E-state index in [4.69, 9.17) is 0 Å². The minimum absolute atomic E-state index is 0.0166. The second kappa shape index (κ2) is 6.12. The molecule has 0 fully saturated rings. The van der Waals surface area contributed by atoms with Gasteiger partial charge in [0.1, 0.15) is 5.01 Å². The third kappa shape index (κ3) is 3.75. The molecule has 102 valence electrons. The minimum Gasteiger partial charge on any atom is -0.353 e. The molecule has 5 heteroatoms. The van der Waals surface area contributed by atoms with Crippen LogP contribution in [-0.4, -0.2) is 23.5 Å². The number of nitrogens with zero attached hydrogens (tertiary/aromatic N) is 1. The van der Waals surface area contributed by atoms with Crippen LogP contribution in [0.15, 0.2) is 24.3 Å². The van der Waals surface area contributed by atoms with Crippen LogP contribution in [0.5, 0.6) is 0 Å². The molecular formula is C14H19N3OS. The van der Waals surface area contributed by atoms with Crippen LogP contribution in [0, 0.1) is 0 Å². The van der Waals surface area contributed by atoms with Gasteiger partial charge >= 0.3 is 0 Å². The molecule has 1 aromatic carbocycles. The summed E-state index contributed by atoms with van der Waals surface area (Å²) in [5, 5.41) is 7.07. The van der Waals surface area contributed by atoms with Crippen molar-refractivity contribution in [3.8, 4) is 0 Å². The van der Waals surface area contributed by atoms with E-state index in [1.807, 2.05) is 39.0 Å². The zero-order chi connectivity index (χ0) is 13.8. The summed E-state index contributed by atoms with van der Waals surface area (Å²) >= 11 is 1.67. The van der Waals surface area contributed by atoms with E-state index in [1.165, 1.54) is 4.70 Å². The summed E-state index contributed by atoms with van der Waals surface area (Å²) in [5.41, 5.74) is 1.02. The van der Waals surface area contributed by atoms with E-state index < -0.39 is 0 Å². The van der Waals surface area contributed by atoms with Gasteiger partial charge in [-0.1, -0.05) is 12.1 Å². The fourth-order valence-electron chi connectivity index (χ4n) is 1.78. The number of carbonyl (C=O) groups is 1. The van der Waals surface area contributed by atoms with Crippen molar-refractivity contribution in [1.82, 2.24) is 15.6 Å². The number of benzene rings is 1. The summed E-state index contributed by atoms with van der Waals surface area (Å²) in [7, 11) is 0. The average Bonchev–Trinajstić information content (AvgIpc) is 2.78. The molecule has 0 aliphatic carbocycles. The third-order valence-corrected chi connectivity index (χ3v) is 3.92. The van der Waals surface area contributed by atoms with Gasteiger partial charge in [-0.15, -0.1) is 11.3 Å². The molecule has 1 heterocycles. The van der Waals surface area contributed by atoms with Gasteiger partial charge in [0.25, 0.3) is 0 Å². The summed E-state index contributed by atoms with van der Waals surface area (Å²) < 4.78 is 1.18. The highest BCUT2D eigenvalue weighted by atomic mass is 32.1. The molecule has 19 heavy (non-hydrogen) atoms. The second-order valence-corrected chi connectivity index (χ2v) is 5.91. The van der Waals surface area contributed by atoms with Crippen molar-refractivity contribution in [2.75, 3.05) is 6.54 Å². The molecule has 1 amide bonds. The van der Waals surface area contributed by atoms with Crippen LogP contribution in [-0.2, 0) is 4.79 Å². The van der Waals surface area contributed by atoms with Gasteiger partial charge in [0.2, 0.25) is 5.91 Å². The summed E-state index contributed by atoms with van der Waals surface area (Å²) in [4.78, 5) is 16.1. The summed E-state index contributed by atoms with van der Waals surface area (Å²) in [6.45, 7) is 6.25. The van der Waals surface area contributed by atoms with Crippen molar-refractivity contribution in [1.29, 1.82) is 0 Å². The van der Waals surface area contributed by atoms with Crippen LogP contribution in [0.25, 0.3) is 10.2 Å². The summed E-state index contributed by atoms with van der Waals surface area (Å²) in [5.74, 6) is 0.0166. The quantitative estimate of drug-likeness (QED) is 0.882. The lowest BCUT2D eigenvalue weighted by Crippen LogP contribution is -2.38. The van der Waals surface area contributed by atoms with Gasteiger partial charge in [-0.3, -0.25) is 10.1 Å². The fraction of sp³-hybridized carbons (Fsp3) is 0.429. The largest absolute Gasteiger partial charge is 0.353 e. The smallest absolute Gasteiger partial charge is 0.234 e. The normalized spacial score (nSPS) is 12.8. The first-order valence-electron chi connectivity index (χ1n) is 6.44. The number of aromatic nitrogens is 1. The van der Waals surface area contributed by atoms with E-state index in [2.05, 4.69) is 21.7 Å². The first-order valence-corrected chi connectivity index (χ1v) is 7.26. The van der Waals surface area contributed by atoms with Crippen LogP contribution >= 0.6 is 11.3 Å². The lowest BCUT2D eigenvalue weighted by Gasteiger charge is -2.12. The van der Waals surface area contributed by atoms with Crippen molar-refractivity contribution in [2.45, 2.75) is 32.9 Å². The highest BCUT2D eigenvalue weighted by molar-refractivity contribution is 7.18. The molecule has 2 aromatic rings. The Kier molecular flexibility index (Phi) is 4.50. The molecule has 1 aromatic heterocycles. The highest BCUT2D eigenvalue weighted by Crippen LogP contribution is 2.25. The fourth-order valence-corrected chi connectivity index (χ4v) is 2.78. The van der Waals surface area contributed by atoms with E-state index in [-0.39, 0.29) is 18.0 Å². The highest BCUT2D eigenvalue weighted by Gasteiger charge is 2.12. The Hall–Kier alpha value is -1.46. The van der Waals surface area contributed by atoms with Gasteiger partial charge in [0, 0.05) is 6.04 Å². The molecule has 0 saturated heterocycles. The molecule has 0 aliphatic heterocycles. The van der Waals surface area contributed by atoms with Crippen molar-refractivity contribution in [3.63, 3.8) is 0 Å². The van der Waals surface area contributed by atoms with Crippen molar-refractivity contribution in [2.24, 2.45) is 0 Å². The SMILES string of the molecule is CC(C)NC(=O)CNC(C)c1nc2ccccc2s1. The van der Waals surface area contributed by atoms with Crippen molar-refractivity contribution in [3.05, 3.63) is 29.3 Å². The number of hydrogen-bond acceptors (Lipinski definition) is 4. The van der Waals surface area contributed by atoms with Crippen molar-refractivity contribution >= 4 is 27.5 Å². The van der Waals surface area contributed by atoms with Crippen LogP contribution in [0.2, 0.25) is 0 Å². The molecule has 4 nitrogen and oxygen atoms in total. The zero-order valence-corrected chi connectivity index (χ0v) is 12.3. The van der Waals surface area contributed by atoms with Crippen LogP contribution in [0.3, 0.4) is 0 Å². The van der Waals surface area contributed by atoms with Crippen molar-refractivity contribution < 1.29 is 4.79 Å². The maximum absolute atomic E-state index is 11.6. The molecular weight excluding hydrogens is 258 g/mol. The number of fused-ring (bicyclic) bond motifs is 1. The number of carbonyl (C=O) groups excluding carboxylic acids is 1. The van der Waals surface area contributed by atoms with E-state index in [0.29, 0.717) is 6.54 Å². The van der Waals surface area contributed by atoms with Crippen LogP contribution in [0.1, 0.15) is 31.8 Å². The second-order valence-electron chi connectivity index (χ2n) is 4.84. The molecule has 0 radical (unpaired) electrons. The van der Waals surface area contributed by atoms with Gasteiger partial charge < -0.3 is 5.32 Å². The Balaban J connectivity index is 1.96. The first-order chi connectivity index (χ1) is 9.06. The first kappa shape index (κ1) is 14.0. The Bertz CT molecular complexity index is 532. The van der Waals surface area contributed by atoms with E-state index in [0.717, 1.165) is 10.5 Å². The topological polar surface area (TPSA) is 54.0 Å². The predicted octanol–water partition coefficient (Wildman–Crippen LogP) is 2.47. The van der Waals surface area contributed by atoms with Gasteiger partial charge in [-0.2, -0.15) is 0 Å². The van der Waals surface area contributed by atoms with E-state index in [1.54, 1.807) is 11.3 Å². The lowest BCUT2D eigenvalue weighted by atomic mass is 10.3. The minimum atomic E-state index is 0.0166. The molecule has 1 unspecified atom stereocenters. The van der Waals surface area contributed by atoms with Gasteiger partial charge in [-0.25, -0.2) is 4.98 Å².